The first-order chi connectivity index (χ1) is 12.6. The smallest absolute Gasteiger partial charge is 0.273 e. The predicted octanol–water partition coefficient (Wildman–Crippen LogP) is 0.434. The Morgan fingerprint density at radius 3 is 3.08 bits per heavy atom. The summed E-state index contributed by atoms with van der Waals surface area (Å²) in [5.74, 6) is -0.266. The Kier molecular flexibility index (Phi) is 4.36. The number of carbonyl (C=O) groups excluding carboxylic acids is 1. The third-order valence-corrected chi connectivity index (χ3v) is 4.77. The maximum absolute atomic E-state index is 12.4. The normalized spacial score (nSPS) is 19.8. The maximum Gasteiger partial charge on any atom is 0.273 e. The van der Waals surface area contributed by atoms with E-state index in [-0.39, 0.29) is 17.5 Å². The topological polar surface area (TPSA) is 105 Å². The highest BCUT2D eigenvalue weighted by molar-refractivity contribution is 5.93. The van der Waals surface area contributed by atoms with E-state index in [1.807, 2.05) is 37.3 Å². The molecule has 26 heavy (non-hydrogen) atoms. The average molecular weight is 352 g/mol. The van der Waals surface area contributed by atoms with Gasteiger partial charge < -0.3 is 15.7 Å². The molecule has 134 valence electrons. The van der Waals surface area contributed by atoms with E-state index >= 15 is 0 Å². The van der Waals surface area contributed by atoms with E-state index in [0.29, 0.717) is 25.3 Å². The maximum atomic E-state index is 12.4. The number of rotatable bonds is 4. The summed E-state index contributed by atoms with van der Waals surface area (Å²) in [5, 5.41) is 24.9. The number of nitrogens with one attached hydrogen (secondary N) is 2. The van der Waals surface area contributed by atoms with E-state index in [9.17, 15) is 9.90 Å². The highest BCUT2D eigenvalue weighted by atomic mass is 16.3. The number of amides is 1. The SMILES string of the molecule is Cc1c(C(=O)NCC2CNCC2O)nnn1-c1ccc2ncccc2c1. The minimum atomic E-state index is -0.432. The van der Waals surface area contributed by atoms with E-state index in [2.05, 4.69) is 25.9 Å². The van der Waals surface area contributed by atoms with Gasteiger partial charge in [-0.25, -0.2) is 4.68 Å². The Balaban J connectivity index is 1.54. The molecule has 3 N–H and O–H groups in total. The molecule has 8 nitrogen and oxygen atoms in total. The fourth-order valence-electron chi connectivity index (χ4n) is 3.21. The van der Waals surface area contributed by atoms with Gasteiger partial charge in [-0.1, -0.05) is 11.3 Å². The van der Waals surface area contributed by atoms with Crippen molar-refractivity contribution in [2.75, 3.05) is 19.6 Å². The molecule has 2 unspecified atom stereocenters. The Morgan fingerprint density at radius 2 is 2.27 bits per heavy atom. The Bertz CT molecular complexity index is 954. The largest absolute Gasteiger partial charge is 0.391 e. The highest BCUT2D eigenvalue weighted by Crippen LogP contribution is 2.18. The summed E-state index contributed by atoms with van der Waals surface area (Å²) in [7, 11) is 0. The number of aliphatic hydroxyl groups excluding tert-OH is 1. The van der Waals surface area contributed by atoms with Crippen molar-refractivity contribution in [2.45, 2.75) is 13.0 Å². The van der Waals surface area contributed by atoms with Gasteiger partial charge in [0.15, 0.2) is 5.69 Å². The van der Waals surface area contributed by atoms with Crippen LogP contribution in [-0.2, 0) is 0 Å². The molecule has 3 aromatic rings. The molecular formula is C18H20N6O2. The van der Waals surface area contributed by atoms with E-state index in [0.717, 1.165) is 16.6 Å². The fraction of sp³-hybridized carbons (Fsp3) is 0.333. The molecule has 0 spiro atoms. The Labute approximate surface area is 150 Å². The molecule has 0 saturated carbocycles. The Hall–Kier alpha value is -2.84. The van der Waals surface area contributed by atoms with Gasteiger partial charge in [0, 0.05) is 37.1 Å². The van der Waals surface area contributed by atoms with Crippen molar-refractivity contribution in [3.8, 4) is 5.69 Å². The first kappa shape index (κ1) is 16.6. The summed E-state index contributed by atoms with van der Waals surface area (Å²) in [6, 6.07) is 9.64. The van der Waals surface area contributed by atoms with Gasteiger partial charge >= 0.3 is 0 Å². The summed E-state index contributed by atoms with van der Waals surface area (Å²) in [6.07, 6.45) is 1.32. The van der Waals surface area contributed by atoms with Crippen LogP contribution in [-0.4, -0.2) is 56.7 Å². The van der Waals surface area contributed by atoms with Crippen LogP contribution in [0.15, 0.2) is 36.5 Å². The van der Waals surface area contributed by atoms with E-state index < -0.39 is 6.10 Å². The van der Waals surface area contributed by atoms with Gasteiger partial charge in [-0.15, -0.1) is 5.10 Å². The standard InChI is InChI=1S/C18H20N6O2/c1-11-17(18(26)21-9-13-8-19-10-16(13)25)22-23-24(11)14-4-5-15-12(7-14)3-2-6-20-15/h2-7,13,16,19,25H,8-10H2,1H3,(H,21,26). The molecule has 1 fully saturated rings. The van der Waals surface area contributed by atoms with E-state index in [1.54, 1.807) is 10.9 Å². The second-order valence-corrected chi connectivity index (χ2v) is 6.51. The number of pyridine rings is 1. The monoisotopic (exact) mass is 352 g/mol. The molecule has 3 heterocycles. The average Bonchev–Trinajstić information content (AvgIpc) is 3.25. The van der Waals surface area contributed by atoms with Crippen LogP contribution in [0.1, 0.15) is 16.2 Å². The number of hydrogen-bond donors (Lipinski definition) is 3. The molecule has 0 aliphatic carbocycles. The van der Waals surface area contributed by atoms with Crippen molar-refractivity contribution in [3.63, 3.8) is 0 Å². The third-order valence-electron chi connectivity index (χ3n) is 4.77. The minimum absolute atomic E-state index is 0.0160. The number of β-amino-alcohol motifs (C(OH)–C–C–N with tert-alkyl or cyclic N) is 1. The lowest BCUT2D eigenvalue weighted by Crippen LogP contribution is -2.34. The van der Waals surface area contributed by atoms with Crippen LogP contribution in [0.5, 0.6) is 0 Å². The van der Waals surface area contributed by atoms with Crippen LogP contribution in [0, 0.1) is 12.8 Å². The van der Waals surface area contributed by atoms with Gasteiger partial charge in [0.25, 0.3) is 5.91 Å². The lowest BCUT2D eigenvalue weighted by Gasteiger charge is -2.13. The number of carbonyl (C=O) groups is 1. The van der Waals surface area contributed by atoms with Gasteiger partial charge in [0.1, 0.15) is 0 Å². The van der Waals surface area contributed by atoms with Gasteiger partial charge in [-0.3, -0.25) is 9.78 Å². The summed E-state index contributed by atoms with van der Waals surface area (Å²) in [4.78, 5) is 16.8. The molecule has 0 radical (unpaired) electrons. The molecule has 1 aliphatic heterocycles. The number of fused-ring (bicyclic) bond motifs is 1. The summed E-state index contributed by atoms with van der Waals surface area (Å²) >= 11 is 0. The number of aromatic nitrogens is 4. The molecule has 4 rings (SSSR count). The number of nitrogens with zero attached hydrogens (tertiary/aromatic N) is 4. The summed E-state index contributed by atoms with van der Waals surface area (Å²) < 4.78 is 1.65. The molecule has 1 aromatic carbocycles. The second-order valence-electron chi connectivity index (χ2n) is 6.51. The molecule has 8 heteroatoms. The van der Waals surface area contributed by atoms with Crippen molar-refractivity contribution in [3.05, 3.63) is 47.9 Å². The minimum Gasteiger partial charge on any atom is -0.391 e. The lowest BCUT2D eigenvalue weighted by molar-refractivity contribution is 0.0921. The van der Waals surface area contributed by atoms with Crippen LogP contribution >= 0.6 is 0 Å². The third kappa shape index (κ3) is 3.04. The number of aliphatic hydroxyl groups is 1. The van der Waals surface area contributed by atoms with Crippen LogP contribution in [0.25, 0.3) is 16.6 Å². The fourth-order valence-corrected chi connectivity index (χ4v) is 3.21. The van der Waals surface area contributed by atoms with Crippen molar-refractivity contribution in [1.82, 2.24) is 30.6 Å². The van der Waals surface area contributed by atoms with Crippen LogP contribution in [0.3, 0.4) is 0 Å². The van der Waals surface area contributed by atoms with Gasteiger partial charge in [-0.05, 0) is 31.2 Å². The molecule has 2 atom stereocenters. The van der Waals surface area contributed by atoms with Crippen LogP contribution < -0.4 is 10.6 Å². The molecule has 1 aliphatic rings. The molecule has 0 bridgehead atoms. The highest BCUT2D eigenvalue weighted by Gasteiger charge is 2.26. The molecular weight excluding hydrogens is 332 g/mol. The van der Waals surface area contributed by atoms with Gasteiger partial charge in [0.2, 0.25) is 0 Å². The van der Waals surface area contributed by atoms with Crippen LogP contribution in [0.2, 0.25) is 0 Å². The molecule has 1 saturated heterocycles. The predicted molar refractivity (Wildman–Crippen MR) is 96.1 cm³/mol. The lowest BCUT2D eigenvalue weighted by atomic mass is 10.1. The molecule has 2 aromatic heterocycles. The van der Waals surface area contributed by atoms with Crippen molar-refractivity contribution >= 4 is 16.8 Å². The zero-order chi connectivity index (χ0) is 18.1. The first-order valence-corrected chi connectivity index (χ1v) is 8.58. The van der Waals surface area contributed by atoms with E-state index in [4.69, 9.17) is 0 Å². The first-order valence-electron chi connectivity index (χ1n) is 8.58. The van der Waals surface area contributed by atoms with Crippen molar-refractivity contribution < 1.29 is 9.90 Å². The number of benzene rings is 1. The molecule has 1 amide bonds. The summed E-state index contributed by atoms with van der Waals surface area (Å²) in [5.41, 5.74) is 2.67. The van der Waals surface area contributed by atoms with E-state index in [1.165, 1.54) is 0 Å². The van der Waals surface area contributed by atoms with Crippen molar-refractivity contribution in [2.24, 2.45) is 5.92 Å². The second kappa shape index (κ2) is 6.81. The zero-order valence-corrected chi connectivity index (χ0v) is 14.4. The van der Waals surface area contributed by atoms with Gasteiger partial charge in [0.05, 0.1) is 23.0 Å². The Morgan fingerprint density at radius 1 is 1.38 bits per heavy atom. The quantitative estimate of drug-likeness (QED) is 0.629. The van der Waals surface area contributed by atoms with Crippen molar-refractivity contribution in [1.29, 1.82) is 0 Å². The summed E-state index contributed by atoms with van der Waals surface area (Å²) in [6.45, 7) is 3.47. The number of hydrogen-bond acceptors (Lipinski definition) is 6. The van der Waals surface area contributed by atoms with Crippen LogP contribution in [0.4, 0.5) is 0 Å². The van der Waals surface area contributed by atoms with Gasteiger partial charge in [-0.2, -0.15) is 0 Å². The zero-order valence-electron chi connectivity index (χ0n) is 14.4.